The Kier molecular flexibility index (Phi) is 5.32. The molecule has 0 saturated carbocycles. The Labute approximate surface area is 190 Å². The average molecular weight is 434 g/mol. The van der Waals surface area contributed by atoms with E-state index in [2.05, 4.69) is 29.6 Å². The summed E-state index contributed by atoms with van der Waals surface area (Å²) in [5, 5.41) is 5.25. The molecule has 0 atom stereocenters. The van der Waals surface area contributed by atoms with Gasteiger partial charge in [0.05, 0.1) is 11.0 Å². The van der Waals surface area contributed by atoms with Crippen LogP contribution < -0.4 is 11.1 Å². The maximum Gasteiger partial charge on any atom is 0.248 e. The summed E-state index contributed by atoms with van der Waals surface area (Å²) in [5.74, 6) is 0.145. The first-order valence-electron chi connectivity index (χ1n) is 10.7. The number of primary amides is 1. The number of carbonyl (C=O) groups excluding carboxylic acids is 2. The summed E-state index contributed by atoms with van der Waals surface area (Å²) in [5.41, 5.74) is 9.20. The summed E-state index contributed by atoms with van der Waals surface area (Å²) in [7, 11) is 0. The molecule has 1 heterocycles. The summed E-state index contributed by atoms with van der Waals surface area (Å²) in [6, 6.07) is 28.9. The van der Waals surface area contributed by atoms with Crippen molar-refractivity contribution in [1.82, 2.24) is 9.55 Å². The molecule has 5 aromatic rings. The van der Waals surface area contributed by atoms with Gasteiger partial charge in [-0.3, -0.25) is 9.59 Å². The number of rotatable bonds is 6. The zero-order valence-corrected chi connectivity index (χ0v) is 17.9. The lowest BCUT2D eigenvalue weighted by molar-refractivity contribution is -0.116. The smallest absolute Gasteiger partial charge is 0.248 e. The predicted octanol–water partition coefficient (Wildman–Crippen LogP) is 4.52. The minimum absolute atomic E-state index is 0.123. The number of benzene rings is 4. The Morgan fingerprint density at radius 3 is 2.39 bits per heavy atom. The molecule has 1 aromatic heterocycles. The largest absolute Gasteiger partial charge is 0.366 e. The number of amides is 2. The lowest BCUT2D eigenvalue weighted by Gasteiger charge is -2.12. The summed E-state index contributed by atoms with van der Waals surface area (Å²) in [6.07, 6.45) is 0.608. The van der Waals surface area contributed by atoms with Gasteiger partial charge in [-0.1, -0.05) is 54.6 Å². The number of nitrogens with zero attached hydrogens (tertiary/aromatic N) is 2. The van der Waals surface area contributed by atoms with Crippen molar-refractivity contribution in [2.75, 3.05) is 5.32 Å². The quantitative estimate of drug-likeness (QED) is 0.412. The first-order chi connectivity index (χ1) is 16.1. The molecule has 2 amide bonds. The zero-order valence-electron chi connectivity index (χ0n) is 17.9. The number of nitrogens with two attached hydrogens (primary N) is 1. The van der Waals surface area contributed by atoms with E-state index in [9.17, 15) is 9.59 Å². The highest BCUT2D eigenvalue weighted by Crippen LogP contribution is 2.24. The number of para-hydroxylation sites is 2. The molecule has 0 fully saturated rings. The van der Waals surface area contributed by atoms with E-state index in [-0.39, 0.29) is 12.5 Å². The molecular formula is C27H22N4O2. The molecule has 162 valence electrons. The van der Waals surface area contributed by atoms with Crippen LogP contribution in [0.4, 0.5) is 5.69 Å². The highest BCUT2D eigenvalue weighted by atomic mass is 16.2. The van der Waals surface area contributed by atoms with Gasteiger partial charge < -0.3 is 15.6 Å². The Hall–Kier alpha value is -4.45. The lowest BCUT2D eigenvalue weighted by atomic mass is 10.0. The molecule has 33 heavy (non-hydrogen) atoms. The minimum Gasteiger partial charge on any atom is -0.366 e. The van der Waals surface area contributed by atoms with Crippen LogP contribution in [0, 0.1) is 0 Å². The SMILES string of the molecule is NC(=O)c1ccc(NC(=O)Cn2c(Cc3cccc4ccccc34)nc3ccccc32)cc1. The van der Waals surface area contributed by atoms with E-state index in [1.54, 1.807) is 24.3 Å². The molecule has 3 N–H and O–H groups in total. The van der Waals surface area contributed by atoms with Crippen molar-refractivity contribution < 1.29 is 9.59 Å². The summed E-state index contributed by atoms with van der Waals surface area (Å²) >= 11 is 0. The molecule has 6 heteroatoms. The Morgan fingerprint density at radius 1 is 0.848 bits per heavy atom. The number of anilines is 1. The van der Waals surface area contributed by atoms with Gasteiger partial charge in [0, 0.05) is 17.7 Å². The van der Waals surface area contributed by atoms with Crippen molar-refractivity contribution in [1.29, 1.82) is 0 Å². The first kappa shape index (κ1) is 20.5. The number of hydrogen-bond donors (Lipinski definition) is 2. The van der Waals surface area contributed by atoms with Crippen LogP contribution >= 0.6 is 0 Å². The zero-order chi connectivity index (χ0) is 22.8. The van der Waals surface area contributed by atoms with Crippen LogP contribution in [-0.2, 0) is 17.8 Å². The number of aromatic nitrogens is 2. The number of nitrogens with one attached hydrogen (secondary N) is 1. The maximum atomic E-state index is 12.9. The maximum absolute atomic E-state index is 12.9. The molecule has 0 aliphatic heterocycles. The molecule has 0 saturated heterocycles. The molecular weight excluding hydrogens is 412 g/mol. The third-order valence-corrected chi connectivity index (χ3v) is 5.72. The second-order valence-corrected chi connectivity index (χ2v) is 7.91. The molecule has 0 spiro atoms. The van der Waals surface area contributed by atoms with Crippen LogP contribution in [0.2, 0.25) is 0 Å². The number of carbonyl (C=O) groups is 2. The van der Waals surface area contributed by atoms with Gasteiger partial charge in [0.25, 0.3) is 0 Å². The van der Waals surface area contributed by atoms with E-state index in [1.807, 2.05) is 47.0 Å². The second-order valence-electron chi connectivity index (χ2n) is 7.91. The summed E-state index contributed by atoms with van der Waals surface area (Å²) < 4.78 is 1.96. The van der Waals surface area contributed by atoms with E-state index in [0.717, 1.165) is 22.4 Å². The average Bonchev–Trinajstić information content (AvgIpc) is 3.16. The highest BCUT2D eigenvalue weighted by Gasteiger charge is 2.15. The molecule has 0 aliphatic rings. The fourth-order valence-electron chi connectivity index (χ4n) is 4.12. The van der Waals surface area contributed by atoms with Crippen molar-refractivity contribution in [3.05, 3.63) is 108 Å². The molecule has 0 unspecified atom stereocenters. The third-order valence-electron chi connectivity index (χ3n) is 5.72. The van der Waals surface area contributed by atoms with Crippen LogP contribution in [0.5, 0.6) is 0 Å². The van der Waals surface area contributed by atoms with Crippen molar-refractivity contribution in [2.24, 2.45) is 5.73 Å². The summed E-state index contributed by atoms with van der Waals surface area (Å²) in [4.78, 5) is 29.0. The molecule has 4 aromatic carbocycles. The fourth-order valence-corrected chi connectivity index (χ4v) is 4.12. The van der Waals surface area contributed by atoms with Crippen LogP contribution in [0.3, 0.4) is 0 Å². The first-order valence-corrected chi connectivity index (χ1v) is 10.7. The van der Waals surface area contributed by atoms with Gasteiger partial charge in [-0.25, -0.2) is 4.98 Å². The monoisotopic (exact) mass is 434 g/mol. The number of imidazole rings is 1. The van der Waals surface area contributed by atoms with Crippen molar-refractivity contribution in [3.8, 4) is 0 Å². The van der Waals surface area contributed by atoms with Crippen LogP contribution in [0.15, 0.2) is 91.0 Å². The fraction of sp³-hybridized carbons (Fsp3) is 0.0741. The van der Waals surface area contributed by atoms with Crippen LogP contribution in [-0.4, -0.2) is 21.4 Å². The third kappa shape index (κ3) is 4.19. The number of hydrogen-bond acceptors (Lipinski definition) is 3. The standard InChI is InChI=1S/C27H22N4O2/c28-27(33)19-12-14-21(15-13-19)29-26(32)17-31-24-11-4-3-10-23(24)30-25(31)16-20-8-5-7-18-6-1-2-9-22(18)20/h1-15H,16-17H2,(H2,28,33)(H,29,32). The van der Waals surface area contributed by atoms with Gasteiger partial charge >= 0.3 is 0 Å². The van der Waals surface area contributed by atoms with Gasteiger partial charge in [0.15, 0.2) is 0 Å². The Balaban J connectivity index is 1.45. The predicted molar refractivity (Wildman–Crippen MR) is 130 cm³/mol. The van der Waals surface area contributed by atoms with E-state index in [4.69, 9.17) is 10.7 Å². The Morgan fingerprint density at radius 2 is 1.58 bits per heavy atom. The lowest BCUT2D eigenvalue weighted by Crippen LogP contribution is -2.20. The van der Waals surface area contributed by atoms with E-state index >= 15 is 0 Å². The van der Waals surface area contributed by atoms with Gasteiger partial charge in [0.1, 0.15) is 12.4 Å². The van der Waals surface area contributed by atoms with Crippen molar-refractivity contribution in [2.45, 2.75) is 13.0 Å². The van der Waals surface area contributed by atoms with Crippen molar-refractivity contribution >= 4 is 39.3 Å². The minimum atomic E-state index is -0.504. The normalized spacial score (nSPS) is 11.0. The molecule has 5 rings (SSSR count). The van der Waals surface area contributed by atoms with E-state index in [1.165, 1.54) is 10.8 Å². The number of fused-ring (bicyclic) bond motifs is 2. The van der Waals surface area contributed by atoms with Crippen LogP contribution in [0.25, 0.3) is 21.8 Å². The van der Waals surface area contributed by atoms with Gasteiger partial charge in [-0.15, -0.1) is 0 Å². The van der Waals surface area contributed by atoms with Gasteiger partial charge in [-0.2, -0.15) is 0 Å². The van der Waals surface area contributed by atoms with E-state index in [0.29, 0.717) is 17.7 Å². The van der Waals surface area contributed by atoms with Gasteiger partial charge in [-0.05, 0) is 52.7 Å². The molecule has 0 aliphatic carbocycles. The van der Waals surface area contributed by atoms with Crippen LogP contribution in [0.1, 0.15) is 21.7 Å². The topological polar surface area (TPSA) is 90.0 Å². The molecule has 0 bridgehead atoms. The molecule has 0 radical (unpaired) electrons. The Bertz CT molecular complexity index is 1480. The van der Waals surface area contributed by atoms with E-state index < -0.39 is 5.91 Å². The van der Waals surface area contributed by atoms with Crippen molar-refractivity contribution in [3.63, 3.8) is 0 Å². The highest BCUT2D eigenvalue weighted by molar-refractivity contribution is 5.95. The van der Waals surface area contributed by atoms with Gasteiger partial charge in [0.2, 0.25) is 11.8 Å². The second kappa shape index (κ2) is 8.59. The summed E-state index contributed by atoms with van der Waals surface area (Å²) in [6.45, 7) is 0.123. The molecule has 6 nitrogen and oxygen atoms in total.